The zero-order chi connectivity index (χ0) is 25.2. The number of ether oxygens (including phenoxy) is 1. The van der Waals surface area contributed by atoms with E-state index in [-0.39, 0.29) is 5.25 Å². The second kappa shape index (κ2) is 10.1. The highest BCUT2D eigenvalue weighted by atomic mass is 32.2. The van der Waals surface area contributed by atoms with Gasteiger partial charge in [-0.3, -0.25) is 4.68 Å². The fraction of sp³-hybridized carbons (Fsp3) is 0.423. The first-order chi connectivity index (χ1) is 18.1. The topological polar surface area (TPSA) is 107 Å². The number of benzene rings is 1. The van der Waals surface area contributed by atoms with Gasteiger partial charge in [-0.15, -0.1) is 5.10 Å². The summed E-state index contributed by atoms with van der Waals surface area (Å²) >= 11 is 0. The van der Waals surface area contributed by atoms with E-state index in [4.69, 9.17) is 4.74 Å². The summed E-state index contributed by atoms with van der Waals surface area (Å²) in [4.78, 5) is 4.44. The Bertz CT molecular complexity index is 1470. The van der Waals surface area contributed by atoms with Gasteiger partial charge in [0.05, 0.1) is 34.5 Å². The van der Waals surface area contributed by atoms with Gasteiger partial charge in [0.15, 0.2) is 0 Å². The van der Waals surface area contributed by atoms with Gasteiger partial charge in [0.1, 0.15) is 12.4 Å². The number of rotatable bonds is 2. The first-order valence-corrected chi connectivity index (χ1v) is 14.4. The van der Waals surface area contributed by atoms with Crippen molar-refractivity contribution < 1.29 is 13.2 Å². The van der Waals surface area contributed by atoms with Crippen LogP contribution in [0.3, 0.4) is 0 Å². The minimum atomic E-state index is -3.39. The van der Waals surface area contributed by atoms with Crippen LogP contribution in [0.5, 0.6) is 5.75 Å². The van der Waals surface area contributed by atoms with Crippen molar-refractivity contribution in [3.63, 3.8) is 0 Å². The second-order valence-electron chi connectivity index (χ2n) is 9.68. The van der Waals surface area contributed by atoms with E-state index < -0.39 is 10.0 Å². The van der Waals surface area contributed by atoms with Gasteiger partial charge in [-0.25, -0.2) is 17.9 Å². The monoisotopic (exact) mass is 521 g/mol. The van der Waals surface area contributed by atoms with Crippen LogP contribution in [0.2, 0.25) is 0 Å². The van der Waals surface area contributed by atoms with Crippen LogP contribution < -0.4 is 10.1 Å². The van der Waals surface area contributed by atoms with Gasteiger partial charge >= 0.3 is 0 Å². The smallest absolute Gasteiger partial charge is 0.245 e. The molecule has 3 aromatic heterocycles. The number of aryl methyl sites for hydroxylation is 1. The van der Waals surface area contributed by atoms with Crippen molar-refractivity contribution in [2.75, 3.05) is 25.0 Å². The number of hydrogen-bond acceptors (Lipinski definition) is 7. The van der Waals surface area contributed by atoms with Crippen LogP contribution in [0, 0.1) is 0 Å². The lowest BCUT2D eigenvalue weighted by Gasteiger charge is -2.29. The average Bonchev–Trinajstić information content (AvgIpc) is 3.55. The molecule has 3 aliphatic rings. The summed E-state index contributed by atoms with van der Waals surface area (Å²) in [7, 11) is -3.39. The molecule has 7 rings (SSSR count). The maximum absolute atomic E-state index is 13.5. The van der Waals surface area contributed by atoms with Crippen LogP contribution >= 0.6 is 0 Å². The number of hydrogen-bond donors (Lipinski definition) is 1. The summed E-state index contributed by atoms with van der Waals surface area (Å²) in [5.74, 6) is 1.17. The molecule has 1 aromatic carbocycles. The van der Waals surface area contributed by atoms with Gasteiger partial charge in [0.2, 0.25) is 16.0 Å². The molecule has 0 spiro atoms. The standard InChI is InChI=1S/C26H31N7O3S/c34-37(35,24-5-2-1-3-6-24)32-14-4-13-31-19-21(17-28-31)29-26-27-18-22-9-12-25(33(22)30-26)20-7-10-23(11-8-20)36-16-15-32/h7-12,17-19,24H,1-6,13-16H2,(H,29,30). The number of fused-ring (bicyclic) bond motifs is 8. The lowest BCUT2D eigenvalue weighted by Crippen LogP contribution is -2.42. The van der Waals surface area contributed by atoms with Gasteiger partial charge in [-0.05, 0) is 55.7 Å². The molecule has 11 heteroatoms. The van der Waals surface area contributed by atoms with E-state index >= 15 is 0 Å². The van der Waals surface area contributed by atoms with Gasteiger partial charge in [-0.1, -0.05) is 19.3 Å². The Labute approximate surface area is 216 Å². The van der Waals surface area contributed by atoms with Crippen molar-refractivity contribution >= 4 is 27.2 Å². The van der Waals surface area contributed by atoms with Gasteiger partial charge in [0.25, 0.3) is 0 Å². The molecule has 0 saturated heterocycles. The third-order valence-electron chi connectivity index (χ3n) is 7.18. The van der Waals surface area contributed by atoms with Crippen molar-refractivity contribution in [2.45, 2.75) is 50.3 Å². The lowest BCUT2D eigenvalue weighted by atomic mass is 10.0. The van der Waals surface area contributed by atoms with Crippen LogP contribution in [0.15, 0.2) is 55.0 Å². The SMILES string of the molecule is O=S(=O)(C1CCCCC1)N1CCCn2cc(cn2)Nc2ncc3ccc(n3n2)-c2ccc(cc2)OCC1. The van der Waals surface area contributed by atoms with Crippen molar-refractivity contribution in [2.24, 2.45) is 0 Å². The number of nitrogens with one attached hydrogen (secondary N) is 1. The summed E-state index contributed by atoms with van der Waals surface area (Å²) < 4.78 is 38.3. The fourth-order valence-electron chi connectivity index (χ4n) is 5.19. The Morgan fingerprint density at radius 3 is 2.59 bits per heavy atom. The normalized spacial score (nSPS) is 18.2. The fourth-order valence-corrected chi connectivity index (χ4v) is 7.26. The molecular weight excluding hydrogens is 490 g/mol. The second-order valence-corrected chi connectivity index (χ2v) is 11.9. The van der Waals surface area contributed by atoms with Crippen LogP contribution in [-0.2, 0) is 16.6 Å². The maximum atomic E-state index is 13.5. The number of nitrogens with zero attached hydrogens (tertiary/aromatic N) is 6. The van der Waals surface area contributed by atoms with Crippen LogP contribution in [0.25, 0.3) is 16.8 Å². The molecule has 1 fully saturated rings. The summed E-state index contributed by atoms with van der Waals surface area (Å²) in [6.45, 7) is 1.65. The van der Waals surface area contributed by atoms with Crippen LogP contribution in [0.4, 0.5) is 11.6 Å². The molecule has 6 bridgehead atoms. The first kappa shape index (κ1) is 23.9. The average molecular weight is 522 g/mol. The molecule has 4 aromatic rings. The Morgan fingerprint density at radius 2 is 1.76 bits per heavy atom. The third-order valence-corrected chi connectivity index (χ3v) is 9.57. The Morgan fingerprint density at radius 1 is 0.919 bits per heavy atom. The predicted molar refractivity (Wildman–Crippen MR) is 141 cm³/mol. The molecule has 37 heavy (non-hydrogen) atoms. The summed E-state index contributed by atoms with van der Waals surface area (Å²) in [6.07, 6.45) is 10.6. The van der Waals surface area contributed by atoms with E-state index in [1.807, 2.05) is 51.8 Å². The van der Waals surface area contributed by atoms with Gasteiger partial charge < -0.3 is 10.1 Å². The molecule has 1 N–H and O–H groups in total. The van der Waals surface area contributed by atoms with E-state index in [0.717, 1.165) is 54.6 Å². The first-order valence-electron chi connectivity index (χ1n) is 12.9. The van der Waals surface area contributed by atoms with Gasteiger partial charge in [-0.2, -0.15) is 9.40 Å². The minimum Gasteiger partial charge on any atom is -0.492 e. The number of aromatic nitrogens is 5. The van der Waals surface area contributed by atoms with E-state index in [9.17, 15) is 8.42 Å². The zero-order valence-corrected chi connectivity index (χ0v) is 21.5. The van der Waals surface area contributed by atoms with Crippen molar-refractivity contribution in [1.29, 1.82) is 0 Å². The molecule has 5 heterocycles. The van der Waals surface area contributed by atoms with E-state index in [0.29, 0.717) is 44.4 Å². The Kier molecular flexibility index (Phi) is 6.56. The zero-order valence-electron chi connectivity index (χ0n) is 20.7. The van der Waals surface area contributed by atoms with Crippen molar-refractivity contribution in [3.8, 4) is 17.0 Å². The highest BCUT2D eigenvalue weighted by Crippen LogP contribution is 2.27. The van der Waals surface area contributed by atoms with Gasteiger partial charge in [0, 0.05) is 31.4 Å². The molecule has 0 radical (unpaired) electrons. The molecule has 1 saturated carbocycles. The lowest BCUT2D eigenvalue weighted by molar-refractivity contribution is 0.266. The molecular formula is C26H31N7O3S. The number of anilines is 2. The molecule has 0 atom stereocenters. The molecule has 10 nitrogen and oxygen atoms in total. The van der Waals surface area contributed by atoms with E-state index in [2.05, 4.69) is 20.5 Å². The van der Waals surface area contributed by atoms with Crippen molar-refractivity contribution in [1.82, 2.24) is 28.7 Å². The molecule has 0 amide bonds. The minimum absolute atomic E-state index is 0.295. The highest BCUT2D eigenvalue weighted by molar-refractivity contribution is 7.89. The molecule has 1 aliphatic carbocycles. The maximum Gasteiger partial charge on any atom is 0.245 e. The quantitative estimate of drug-likeness (QED) is 0.424. The Balaban J connectivity index is 1.30. The summed E-state index contributed by atoms with van der Waals surface area (Å²) in [5.41, 5.74) is 3.59. The third kappa shape index (κ3) is 5.05. The van der Waals surface area contributed by atoms with Crippen LogP contribution in [0.1, 0.15) is 38.5 Å². The summed E-state index contributed by atoms with van der Waals surface area (Å²) in [5, 5.41) is 12.1. The van der Waals surface area contributed by atoms with Crippen molar-refractivity contribution in [3.05, 3.63) is 55.0 Å². The summed E-state index contributed by atoms with van der Waals surface area (Å²) in [6, 6.07) is 11.8. The van der Waals surface area contributed by atoms with E-state index in [1.54, 1.807) is 16.7 Å². The predicted octanol–water partition coefficient (Wildman–Crippen LogP) is 4.08. The Hall–Kier alpha value is -3.44. The largest absolute Gasteiger partial charge is 0.492 e. The molecule has 2 aliphatic heterocycles. The molecule has 0 unspecified atom stereocenters. The number of sulfonamides is 1. The van der Waals surface area contributed by atoms with Crippen LogP contribution in [-0.4, -0.2) is 62.0 Å². The highest BCUT2D eigenvalue weighted by Gasteiger charge is 2.32. The molecule has 194 valence electrons. The van der Waals surface area contributed by atoms with E-state index in [1.165, 1.54) is 0 Å².